The van der Waals surface area contributed by atoms with E-state index in [0.717, 1.165) is 39.1 Å². The molecule has 2 aliphatic heterocycles. The molecule has 2 heterocycles. The highest BCUT2D eigenvalue weighted by atomic mass is 16.2. The van der Waals surface area contributed by atoms with Gasteiger partial charge < -0.3 is 9.80 Å². The lowest BCUT2D eigenvalue weighted by Gasteiger charge is -2.35. The number of amides is 2. The molecule has 1 aromatic rings. The van der Waals surface area contributed by atoms with Crippen molar-refractivity contribution in [1.29, 1.82) is 5.26 Å². The second-order valence-electron chi connectivity index (χ2n) is 7.60. The summed E-state index contributed by atoms with van der Waals surface area (Å²) in [5.74, 6) is 0.255. The molecule has 2 amide bonds. The molecular formula is C21H29N5O2. The Bertz CT molecular complexity index is 719. The fourth-order valence-corrected chi connectivity index (χ4v) is 3.85. The van der Waals surface area contributed by atoms with Crippen molar-refractivity contribution in [2.45, 2.75) is 19.9 Å². The van der Waals surface area contributed by atoms with Gasteiger partial charge in [-0.05, 0) is 37.2 Å². The van der Waals surface area contributed by atoms with Crippen molar-refractivity contribution in [3.05, 3.63) is 35.4 Å². The van der Waals surface area contributed by atoms with E-state index in [1.807, 2.05) is 29.2 Å². The maximum atomic E-state index is 12.6. The average molecular weight is 383 g/mol. The zero-order chi connectivity index (χ0) is 19.9. The van der Waals surface area contributed by atoms with Gasteiger partial charge in [0.15, 0.2) is 0 Å². The first-order chi connectivity index (χ1) is 13.5. The fourth-order valence-electron chi connectivity index (χ4n) is 3.85. The molecular weight excluding hydrogens is 354 g/mol. The van der Waals surface area contributed by atoms with Crippen molar-refractivity contribution in [3.63, 3.8) is 0 Å². The molecule has 2 aliphatic rings. The number of hydrogen-bond donors (Lipinski definition) is 0. The third-order valence-corrected chi connectivity index (χ3v) is 5.61. The number of piperazine rings is 1. The molecule has 1 aromatic carbocycles. The van der Waals surface area contributed by atoms with Crippen LogP contribution in [0.15, 0.2) is 24.3 Å². The van der Waals surface area contributed by atoms with Gasteiger partial charge in [-0.25, -0.2) is 0 Å². The van der Waals surface area contributed by atoms with Crippen LogP contribution in [-0.2, 0) is 16.1 Å². The molecule has 2 saturated heterocycles. The fraction of sp³-hybridized carbons (Fsp3) is 0.571. The summed E-state index contributed by atoms with van der Waals surface area (Å²) in [4.78, 5) is 32.4. The van der Waals surface area contributed by atoms with E-state index < -0.39 is 0 Å². The normalized spacial score (nSPS) is 19.1. The van der Waals surface area contributed by atoms with Gasteiger partial charge in [0, 0.05) is 52.7 Å². The van der Waals surface area contributed by atoms with Crippen LogP contribution in [0.2, 0.25) is 0 Å². The number of carbonyl (C=O) groups excluding carboxylic acids is 2. The highest BCUT2D eigenvalue weighted by molar-refractivity contribution is 5.79. The molecule has 0 aromatic heterocycles. The van der Waals surface area contributed by atoms with E-state index in [-0.39, 0.29) is 11.8 Å². The number of benzene rings is 1. The summed E-state index contributed by atoms with van der Waals surface area (Å²) in [6, 6.07) is 9.92. The predicted octanol–water partition coefficient (Wildman–Crippen LogP) is 0.757. The first kappa shape index (κ1) is 20.3. The maximum Gasteiger partial charge on any atom is 0.236 e. The third kappa shape index (κ3) is 5.54. The van der Waals surface area contributed by atoms with E-state index in [4.69, 9.17) is 5.26 Å². The zero-order valence-corrected chi connectivity index (χ0v) is 16.6. The standard InChI is InChI=1S/C21H29N5O2/c1-18(27)25-11-13-26(14-12-25)21(28)17-24-8-2-7-23(9-10-24)16-20-5-3-19(15-22)4-6-20/h3-6H,2,7-14,16-17H2,1H3. The van der Waals surface area contributed by atoms with Crippen molar-refractivity contribution >= 4 is 11.8 Å². The lowest BCUT2D eigenvalue weighted by Crippen LogP contribution is -2.52. The molecule has 150 valence electrons. The smallest absolute Gasteiger partial charge is 0.236 e. The van der Waals surface area contributed by atoms with Crippen molar-refractivity contribution in [2.75, 3.05) is 58.9 Å². The van der Waals surface area contributed by atoms with E-state index >= 15 is 0 Å². The van der Waals surface area contributed by atoms with Gasteiger partial charge in [0.25, 0.3) is 0 Å². The van der Waals surface area contributed by atoms with Gasteiger partial charge in [0.2, 0.25) is 11.8 Å². The number of nitriles is 1. The number of rotatable bonds is 4. The Hall–Kier alpha value is -2.43. The molecule has 0 N–H and O–H groups in total. The van der Waals surface area contributed by atoms with E-state index in [9.17, 15) is 9.59 Å². The van der Waals surface area contributed by atoms with Crippen LogP contribution >= 0.6 is 0 Å². The van der Waals surface area contributed by atoms with Crippen LogP contribution in [0.5, 0.6) is 0 Å². The molecule has 0 bridgehead atoms. The molecule has 7 heteroatoms. The van der Waals surface area contributed by atoms with Gasteiger partial charge in [-0.1, -0.05) is 12.1 Å². The molecule has 0 atom stereocenters. The third-order valence-electron chi connectivity index (χ3n) is 5.61. The Labute approximate surface area is 167 Å². The predicted molar refractivity (Wildman–Crippen MR) is 106 cm³/mol. The molecule has 0 radical (unpaired) electrons. The topological polar surface area (TPSA) is 70.9 Å². The first-order valence-electron chi connectivity index (χ1n) is 10.0. The van der Waals surface area contributed by atoms with Gasteiger partial charge >= 0.3 is 0 Å². The molecule has 0 aliphatic carbocycles. The Morgan fingerprint density at radius 1 is 0.893 bits per heavy atom. The molecule has 7 nitrogen and oxygen atoms in total. The summed E-state index contributed by atoms with van der Waals surface area (Å²) in [5.41, 5.74) is 1.90. The minimum absolute atomic E-state index is 0.0852. The Morgan fingerprint density at radius 2 is 1.50 bits per heavy atom. The summed E-state index contributed by atoms with van der Waals surface area (Å²) in [6.45, 7) is 9.24. The second kappa shape index (κ2) is 9.67. The van der Waals surface area contributed by atoms with E-state index in [0.29, 0.717) is 38.3 Å². The van der Waals surface area contributed by atoms with E-state index in [1.54, 1.807) is 11.8 Å². The minimum atomic E-state index is 0.0852. The van der Waals surface area contributed by atoms with Crippen LogP contribution < -0.4 is 0 Å². The molecule has 0 saturated carbocycles. The second-order valence-corrected chi connectivity index (χ2v) is 7.60. The van der Waals surface area contributed by atoms with Gasteiger partial charge in [-0.2, -0.15) is 5.26 Å². The Morgan fingerprint density at radius 3 is 2.14 bits per heavy atom. The summed E-state index contributed by atoms with van der Waals surface area (Å²) >= 11 is 0. The summed E-state index contributed by atoms with van der Waals surface area (Å²) in [7, 11) is 0. The molecule has 28 heavy (non-hydrogen) atoms. The van der Waals surface area contributed by atoms with E-state index in [1.165, 1.54) is 5.56 Å². The summed E-state index contributed by atoms with van der Waals surface area (Å²) in [6.07, 6.45) is 1.04. The molecule has 0 spiro atoms. The first-order valence-corrected chi connectivity index (χ1v) is 10.0. The molecule has 2 fully saturated rings. The number of carbonyl (C=O) groups is 2. The Kier molecular flexibility index (Phi) is 7.01. The quantitative estimate of drug-likeness (QED) is 0.768. The molecule has 3 rings (SSSR count). The highest BCUT2D eigenvalue weighted by Gasteiger charge is 2.24. The van der Waals surface area contributed by atoms with Crippen molar-refractivity contribution in [2.24, 2.45) is 0 Å². The van der Waals surface area contributed by atoms with Crippen LogP contribution in [0.1, 0.15) is 24.5 Å². The lowest BCUT2D eigenvalue weighted by atomic mass is 10.1. The van der Waals surface area contributed by atoms with Gasteiger partial charge in [-0.15, -0.1) is 0 Å². The van der Waals surface area contributed by atoms with Crippen molar-refractivity contribution in [1.82, 2.24) is 19.6 Å². The maximum absolute atomic E-state index is 12.6. The SMILES string of the molecule is CC(=O)N1CCN(C(=O)CN2CCCN(Cc3ccc(C#N)cc3)CC2)CC1. The highest BCUT2D eigenvalue weighted by Crippen LogP contribution is 2.11. The largest absolute Gasteiger partial charge is 0.339 e. The minimum Gasteiger partial charge on any atom is -0.339 e. The number of hydrogen-bond acceptors (Lipinski definition) is 5. The van der Waals surface area contributed by atoms with Crippen LogP contribution in [0.4, 0.5) is 0 Å². The monoisotopic (exact) mass is 383 g/mol. The van der Waals surface area contributed by atoms with Gasteiger partial charge in [0.05, 0.1) is 18.2 Å². The van der Waals surface area contributed by atoms with Crippen LogP contribution in [0, 0.1) is 11.3 Å². The van der Waals surface area contributed by atoms with Gasteiger partial charge in [-0.3, -0.25) is 19.4 Å². The van der Waals surface area contributed by atoms with Crippen LogP contribution in [0.25, 0.3) is 0 Å². The number of nitrogens with zero attached hydrogens (tertiary/aromatic N) is 5. The average Bonchev–Trinajstić information content (AvgIpc) is 2.93. The van der Waals surface area contributed by atoms with E-state index in [2.05, 4.69) is 15.9 Å². The Balaban J connectivity index is 1.44. The summed E-state index contributed by atoms with van der Waals surface area (Å²) < 4.78 is 0. The molecule has 0 unspecified atom stereocenters. The van der Waals surface area contributed by atoms with Crippen LogP contribution in [0.3, 0.4) is 0 Å². The lowest BCUT2D eigenvalue weighted by molar-refractivity contribution is -0.139. The zero-order valence-electron chi connectivity index (χ0n) is 16.6. The van der Waals surface area contributed by atoms with Crippen molar-refractivity contribution < 1.29 is 9.59 Å². The van der Waals surface area contributed by atoms with Crippen molar-refractivity contribution in [3.8, 4) is 6.07 Å². The summed E-state index contributed by atoms with van der Waals surface area (Å²) in [5, 5.41) is 8.91. The van der Waals surface area contributed by atoms with Crippen LogP contribution in [-0.4, -0.2) is 90.3 Å². The van der Waals surface area contributed by atoms with Gasteiger partial charge in [0.1, 0.15) is 0 Å².